The third-order valence-electron chi connectivity index (χ3n) is 5.04. The molecule has 27 heavy (non-hydrogen) atoms. The van der Waals surface area contributed by atoms with Crippen molar-refractivity contribution in [2.24, 2.45) is 5.92 Å². The Morgan fingerprint density at radius 3 is 2.67 bits per heavy atom. The van der Waals surface area contributed by atoms with Crippen LogP contribution in [0.3, 0.4) is 0 Å². The summed E-state index contributed by atoms with van der Waals surface area (Å²) in [6.45, 7) is 12.0. The predicted octanol–water partition coefficient (Wildman–Crippen LogP) is 4.13. The number of nitrogens with zero attached hydrogens (tertiary/aromatic N) is 4. The van der Waals surface area contributed by atoms with Crippen LogP contribution in [-0.2, 0) is 19.6 Å². The molecule has 0 radical (unpaired) electrons. The normalized spacial score (nSPS) is 12.5. The number of hydrogen-bond acceptors (Lipinski definition) is 3. The molecule has 0 fully saturated rings. The average molecular weight is 386 g/mol. The molecule has 0 saturated carbocycles. The van der Waals surface area contributed by atoms with Crippen LogP contribution in [0, 0.1) is 26.7 Å². The van der Waals surface area contributed by atoms with E-state index in [-0.39, 0.29) is 0 Å². The number of aromatic nitrogens is 4. The molecule has 0 spiro atoms. The highest BCUT2D eigenvalue weighted by Crippen LogP contribution is 2.19. The standard InChI is InChI=1S/C21H28ClN5/c1-15(13-26-10-9-24-18(26)4)11-23-12-20-16(2)25-27(17(20)3)14-19-7-5-6-8-21(19)22/h5-10,15,23H,11-14H2,1-4H3. The van der Waals surface area contributed by atoms with Crippen LogP contribution in [0.4, 0.5) is 0 Å². The van der Waals surface area contributed by atoms with E-state index in [1.54, 1.807) is 0 Å². The summed E-state index contributed by atoms with van der Waals surface area (Å²) >= 11 is 6.30. The summed E-state index contributed by atoms with van der Waals surface area (Å²) in [5.41, 5.74) is 4.63. The van der Waals surface area contributed by atoms with Crippen molar-refractivity contribution < 1.29 is 0 Å². The van der Waals surface area contributed by atoms with Crippen molar-refractivity contribution in [1.82, 2.24) is 24.6 Å². The molecule has 0 aliphatic rings. The summed E-state index contributed by atoms with van der Waals surface area (Å²) in [4.78, 5) is 4.29. The van der Waals surface area contributed by atoms with Crippen molar-refractivity contribution >= 4 is 11.6 Å². The molecular formula is C21H28ClN5. The highest BCUT2D eigenvalue weighted by molar-refractivity contribution is 6.31. The lowest BCUT2D eigenvalue weighted by molar-refractivity contribution is 0.440. The Kier molecular flexibility index (Phi) is 6.34. The van der Waals surface area contributed by atoms with Crippen LogP contribution in [-0.4, -0.2) is 25.9 Å². The second-order valence-electron chi connectivity index (χ2n) is 7.26. The summed E-state index contributed by atoms with van der Waals surface area (Å²) in [5.74, 6) is 1.59. The van der Waals surface area contributed by atoms with Crippen LogP contribution in [0.5, 0.6) is 0 Å². The van der Waals surface area contributed by atoms with E-state index in [9.17, 15) is 0 Å². The molecule has 0 bridgehead atoms. The number of rotatable bonds is 8. The second kappa shape index (κ2) is 8.72. The molecule has 3 rings (SSSR count). The van der Waals surface area contributed by atoms with Gasteiger partial charge in [-0.3, -0.25) is 4.68 Å². The third kappa shape index (κ3) is 4.79. The smallest absolute Gasteiger partial charge is 0.105 e. The molecule has 3 aromatic rings. The maximum atomic E-state index is 6.30. The molecule has 0 saturated heterocycles. The molecule has 1 aromatic carbocycles. The van der Waals surface area contributed by atoms with Crippen molar-refractivity contribution in [3.05, 3.63) is 70.0 Å². The van der Waals surface area contributed by atoms with E-state index in [2.05, 4.69) is 41.7 Å². The number of hydrogen-bond donors (Lipinski definition) is 1. The number of nitrogens with one attached hydrogen (secondary N) is 1. The van der Waals surface area contributed by atoms with Gasteiger partial charge >= 0.3 is 0 Å². The first kappa shape index (κ1) is 19.6. The van der Waals surface area contributed by atoms with Crippen molar-refractivity contribution in [1.29, 1.82) is 0 Å². The predicted molar refractivity (Wildman–Crippen MR) is 110 cm³/mol. The fourth-order valence-corrected chi connectivity index (χ4v) is 3.57. The molecule has 1 atom stereocenters. The Labute approximate surface area is 166 Å². The topological polar surface area (TPSA) is 47.7 Å². The largest absolute Gasteiger partial charge is 0.335 e. The van der Waals surface area contributed by atoms with Gasteiger partial charge in [-0.25, -0.2) is 4.98 Å². The summed E-state index contributed by atoms with van der Waals surface area (Å²) in [6.07, 6.45) is 3.90. The summed E-state index contributed by atoms with van der Waals surface area (Å²) < 4.78 is 4.25. The van der Waals surface area contributed by atoms with Crippen LogP contribution in [0.1, 0.15) is 35.3 Å². The van der Waals surface area contributed by atoms with Gasteiger partial charge in [0, 0.05) is 41.8 Å². The summed E-state index contributed by atoms with van der Waals surface area (Å²) in [7, 11) is 0. The number of halogens is 1. The molecule has 6 heteroatoms. The van der Waals surface area contributed by atoms with E-state index in [0.717, 1.165) is 41.7 Å². The van der Waals surface area contributed by atoms with E-state index in [4.69, 9.17) is 16.7 Å². The molecule has 0 aliphatic carbocycles. The van der Waals surface area contributed by atoms with Crippen molar-refractivity contribution in [3.8, 4) is 0 Å². The molecule has 0 aliphatic heterocycles. The summed E-state index contributed by atoms with van der Waals surface area (Å²) in [6, 6.07) is 7.94. The molecule has 5 nitrogen and oxygen atoms in total. The zero-order valence-corrected chi connectivity index (χ0v) is 17.3. The maximum absolute atomic E-state index is 6.30. The number of aryl methyl sites for hydroxylation is 2. The molecule has 1 unspecified atom stereocenters. The number of benzene rings is 1. The molecule has 144 valence electrons. The SMILES string of the molecule is Cc1nn(Cc2ccccc2Cl)c(C)c1CNCC(C)Cn1ccnc1C. The molecule has 2 heterocycles. The van der Waals surface area contributed by atoms with Crippen molar-refractivity contribution in [3.63, 3.8) is 0 Å². The van der Waals surface area contributed by atoms with E-state index in [1.807, 2.05) is 42.2 Å². The van der Waals surface area contributed by atoms with Gasteiger partial charge in [-0.2, -0.15) is 5.10 Å². The van der Waals surface area contributed by atoms with Gasteiger partial charge < -0.3 is 9.88 Å². The van der Waals surface area contributed by atoms with Gasteiger partial charge in [0.25, 0.3) is 0 Å². The average Bonchev–Trinajstić information content (AvgIpc) is 3.14. The van der Waals surface area contributed by atoms with Crippen LogP contribution >= 0.6 is 11.6 Å². The van der Waals surface area contributed by atoms with Gasteiger partial charge in [-0.05, 0) is 44.9 Å². The molecular weight excluding hydrogens is 358 g/mol. The lowest BCUT2D eigenvalue weighted by Crippen LogP contribution is -2.24. The first-order valence-corrected chi connectivity index (χ1v) is 9.78. The van der Waals surface area contributed by atoms with Gasteiger partial charge in [0.15, 0.2) is 0 Å². The first-order chi connectivity index (χ1) is 13.0. The lowest BCUT2D eigenvalue weighted by atomic mass is 10.1. The fraction of sp³-hybridized carbons (Fsp3) is 0.429. The Morgan fingerprint density at radius 1 is 1.19 bits per heavy atom. The van der Waals surface area contributed by atoms with Gasteiger partial charge in [0.1, 0.15) is 5.82 Å². The van der Waals surface area contributed by atoms with Crippen molar-refractivity contribution in [2.45, 2.75) is 47.3 Å². The van der Waals surface area contributed by atoms with Gasteiger partial charge in [0.05, 0.1) is 12.2 Å². The van der Waals surface area contributed by atoms with E-state index in [0.29, 0.717) is 12.5 Å². The van der Waals surface area contributed by atoms with E-state index >= 15 is 0 Å². The van der Waals surface area contributed by atoms with Gasteiger partial charge in [0.2, 0.25) is 0 Å². The zero-order chi connectivity index (χ0) is 19.4. The Balaban J connectivity index is 1.58. The van der Waals surface area contributed by atoms with Gasteiger partial charge in [-0.15, -0.1) is 0 Å². The van der Waals surface area contributed by atoms with Crippen LogP contribution < -0.4 is 5.32 Å². The molecule has 1 N–H and O–H groups in total. The minimum absolute atomic E-state index is 0.525. The third-order valence-corrected chi connectivity index (χ3v) is 5.40. The lowest BCUT2D eigenvalue weighted by Gasteiger charge is -2.14. The van der Waals surface area contributed by atoms with E-state index in [1.165, 1.54) is 11.3 Å². The molecule has 0 amide bonds. The fourth-order valence-electron chi connectivity index (χ4n) is 3.37. The Bertz CT molecular complexity index is 896. The highest BCUT2D eigenvalue weighted by atomic mass is 35.5. The van der Waals surface area contributed by atoms with Crippen molar-refractivity contribution in [2.75, 3.05) is 6.54 Å². The quantitative estimate of drug-likeness (QED) is 0.634. The van der Waals surface area contributed by atoms with Crippen LogP contribution in [0.2, 0.25) is 5.02 Å². The van der Waals surface area contributed by atoms with E-state index < -0.39 is 0 Å². The minimum Gasteiger partial charge on any atom is -0.335 e. The summed E-state index contributed by atoms with van der Waals surface area (Å²) in [5, 5.41) is 9.10. The Hall–Kier alpha value is -2.11. The second-order valence-corrected chi connectivity index (χ2v) is 7.67. The highest BCUT2D eigenvalue weighted by Gasteiger charge is 2.13. The van der Waals surface area contributed by atoms with Crippen LogP contribution in [0.15, 0.2) is 36.7 Å². The first-order valence-electron chi connectivity index (χ1n) is 9.40. The number of imidazole rings is 1. The minimum atomic E-state index is 0.525. The monoisotopic (exact) mass is 385 g/mol. The Morgan fingerprint density at radius 2 is 1.96 bits per heavy atom. The maximum Gasteiger partial charge on any atom is 0.105 e. The van der Waals surface area contributed by atoms with Gasteiger partial charge in [-0.1, -0.05) is 36.7 Å². The van der Waals surface area contributed by atoms with Crippen LogP contribution in [0.25, 0.3) is 0 Å². The zero-order valence-electron chi connectivity index (χ0n) is 16.5. The molecule has 2 aromatic heterocycles.